The highest BCUT2D eigenvalue weighted by Gasteiger charge is 2.59. The summed E-state index contributed by atoms with van der Waals surface area (Å²) in [4.78, 5) is 0. The summed E-state index contributed by atoms with van der Waals surface area (Å²) in [5.41, 5.74) is 2.29. The molecule has 178 valence electrons. The molecule has 4 rings (SSSR count). The number of thiol groups is 1. The molecule has 0 unspecified atom stereocenters. The van der Waals surface area contributed by atoms with Crippen LogP contribution in [0.5, 0.6) is 0 Å². The first-order valence-electron chi connectivity index (χ1n) is 13.2. The Bertz CT molecular complexity index is 748. The molecular formula is C27H46O3S. The number of rotatable bonds is 7. The second-order valence-corrected chi connectivity index (χ2v) is 13.1. The zero-order valence-electron chi connectivity index (χ0n) is 20.6. The van der Waals surface area contributed by atoms with Gasteiger partial charge in [0.05, 0.1) is 6.10 Å². The largest absolute Gasteiger partial charge is 0.269 e. The van der Waals surface area contributed by atoms with Gasteiger partial charge in [-0.05, 0) is 97.7 Å². The van der Waals surface area contributed by atoms with E-state index in [0.717, 1.165) is 54.8 Å². The third-order valence-corrected chi connectivity index (χ3v) is 11.0. The summed E-state index contributed by atoms with van der Waals surface area (Å²) in [7, 11) is -2.74. The molecule has 0 amide bonds. The van der Waals surface area contributed by atoms with Crippen molar-refractivity contribution in [1.29, 1.82) is 0 Å². The van der Waals surface area contributed by atoms with Crippen LogP contribution < -0.4 is 0 Å². The van der Waals surface area contributed by atoms with Crippen LogP contribution in [0, 0.1) is 46.3 Å². The van der Waals surface area contributed by atoms with Crippen LogP contribution in [0.25, 0.3) is 0 Å². The molecule has 0 N–H and O–H groups in total. The molecule has 31 heavy (non-hydrogen) atoms. The van der Waals surface area contributed by atoms with Gasteiger partial charge in [-0.1, -0.05) is 65.5 Å². The number of fused-ring (bicyclic) bond motifs is 5. The number of allylic oxidation sites excluding steroid dienone is 1. The first-order valence-corrected chi connectivity index (χ1v) is 14.3. The molecule has 3 nitrogen and oxygen atoms in total. The highest BCUT2D eigenvalue weighted by Crippen LogP contribution is 2.67. The fourth-order valence-electron chi connectivity index (χ4n) is 8.86. The Morgan fingerprint density at radius 3 is 2.52 bits per heavy atom. The molecule has 0 aromatic carbocycles. The maximum Gasteiger partial charge on any atom is 0.257 e. The fraction of sp³-hybridized carbons (Fsp3) is 0.926. The van der Waals surface area contributed by atoms with Crippen molar-refractivity contribution in [2.75, 3.05) is 0 Å². The molecule has 8 atom stereocenters. The van der Waals surface area contributed by atoms with Crippen molar-refractivity contribution in [1.82, 2.24) is 0 Å². The van der Waals surface area contributed by atoms with Crippen LogP contribution in [-0.2, 0) is 15.2 Å². The van der Waals surface area contributed by atoms with E-state index in [-0.39, 0.29) is 11.5 Å². The van der Waals surface area contributed by atoms with Gasteiger partial charge in [0.25, 0.3) is 11.0 Å². The standard InChI is InChI=1S/C27H46O3S/c1-18(2)7-6-8-19(3)23-11-12-24-22-10-9-20-17-21(30-31(28)29)13-15-26(20,4)25(22)14-16-27(23,24)5/h9,18-19,21-25,31H,6-8,10-17H2,1-5H3/t19-,21+,22+,23-,24+,25+,26+,27-/m1/s1. The van der Waals surface area contributed by atoms with Crippen molar-refractivity contribution in [2.45, 2.75) is 111 Å². The molecule has 4 aliphatic carbocycles. The van der Waals surface area contributed by atoms with E-state index in [9.17, 15) is 8.42 Å². The molecule has 0 aromatic heterocycles. The van der Waals surface area contributed by atoms with Gasteiger partial charge in [0.15, 0.2) is 0 Å². The lowest BCUT2D eigenvalue weighted by atomic mass is 9.47. The molecule has 4 aliphatic rings. The summed E-state index contributed by atoms with van der Waals surface area (Å²) in [6.45, 7) is 12.4. The smallest absolute Gasteiger partial charge is 0.257 e. The van der Waals surface area contributed by atoms with Crippen LogP contribution in [0.4, 0.5) is 0 Å². The van der Waals surface area contributed by atoms with Crippen LogP contribution >= 0.6 is 0 Å². The summed E-state index contributed by atoms with van der Waals surface area (Å²) < 4.78 is 27.4. The summed E-state index contributed by atoms with van der Waals surface area (Å²) in [6.07, 6.45) is 16.2. The Morgan fingerprint density at radius 1 is 1.03 bits per heavy atom. The van der Waals surface area contributed by atoms with E-state index in [1.165, 1.54) is 56.9 Å². The molecule has 0 bridgehead atoms. The van der Waals surface area contributed by atoms with E-state index in [4.69, 9.17) is 4.18 Å². The molecule has 0 saturated heterocycles. The van der Waals surface area contributed by atoms with Gasteiger partial charge in [-0.25, -0.2) is 8.42 Å². The summed E-state index contributed by atoms with van der Waals surface area (Å²) in [5, 5.41) is 0. The van der Waals surface area contributed by atoms with E-state index >= 15 is 0 Å². The highest BCUT2D eigenvalue weighted by molar-refractivity contribution is 7.67. The van der Waals surface area contributed by atoms with Crippen LogP contribution in [-0.4, -0.2) is 14.5 Å². The number of hydrogen-bond acceptors (Lipinski definition) is 3. The second-order valence-electron chi connectivity index (χ2n) is 12.5. The monoisotopic (exact) mass is 450 g/mol. The van der Waals surface area contributed by atoms with Gasteiger partial charge in [-0.2, -0.15) is 0 Å². The lowest BCUT2D eigenvalue weighted by molar-refractivity contribution is -0.0555. The van der Waals surface area contributed by atoms with Crippen LogP contribution in [0.15, 0.2) is 11.6 Å². The molecule has 0 radical (unpaired) electrons. The van der Waals surface area contributed by atoms with Gasteiger partial charge < -0.3 is 0 Å². The minimum atomic E-state index is -2.74. The quantitative estimate of drug-likeness (QED) is 0.337. The Labute approximate surface area is 192 Å². The average molecular weight is 451 g/mol. The molecule has 0 spiro atoms. The average Bonchev–Trinajstić information content (AvgIpc) is 3.05. The predicted molar refractivity (Wildman–Crippen MR) is 128 cm³/mol. The Kier molecular flexibility index (Phi) is 7.00. The highest BCUT2D eigenvalue weighted by atomic mass is 32.2. The van der Waals surface area contributed by atoms with Gasteiger partial charge in [-0.3, -0.25) is 4.18 Å². The minimum absolute atomic E-state index is 0.131. The first kappa shape index (κ1) is 23.8. The van der Waals surface area contributed by atoms with Gasteiger partial charge >= 0.3 is 0 Å². The maximum atomic E-state index is 11.1. The molecule has 3 saturated carbocycles. The van der Waals surface area contributed by atoms with E-state index < -0.39 is 11.0 Å². The van der Waals surface area contributed by atoms with E-state index in [1.807, 2.05) is 0 Å². The molecule has 0 heterocycles. The zero-order valence-corrected chi connectivity index (χ0v) is 21.5. The molecule has 0 aliphatic heterocycles. The Balaban J connectivity index is 1.47. The normalized spacial score (nSPS) is 43.3. The molecule has 0 aromatic rings. The second kappa shape index (κ2) is 9.12. The summed E-state index contributed by atoms with van der Waals surface area (Å²) >= 11 is 0. The van der Waals surface area contributed by atoms with Crippen LogP contribution in [0.3, 0.4) is 0 Å². The SMILES string of the molecule is CC(C)CCC[C@@H](C)[C@H]1CC[C@H]2[C@@H]3CC=C4C[C@@H](O[SH](=O)=O)CC[C@]4(C)[C@H]3CC[C@]12C. The van der Waals surface area contributed by atoms with E-state index in [1.54, 1.807) is 0 Å². The van der Waals surface area contributed by atoms with Gasteiger partial charge in [-0.15, -0.1) is 0 Å². The van der Waals surface area contributed by atoms with Crippen molar-refractivity contribution >= 4 is 11.0 Å². The summed E-state index contributed by atoms with van der Waals surface area (Å²) in [5.74, 6) is 5.08. The van der Waals surface area contributed by atoms with E-state index in [2.05, 4.69) is 40.7 Å². The van der Waals surface area contributed by atoms with Crippen molar-refractivity contribution < 1.29 is 12.6 Å². The molecular weight excluding hydrogens is 404 g/mol. The summed E-state index contributed by atoms with van der Waals surface area (Å²) in [6, 6.07) is 0. The topological polar surface area (TPSA) is 43.4 Å². The first-order chi connectivity index (χ1) is 14.6. The fourth-order valence-corrected chi connectivity index (χ4v) is 9.29. The Morgan fingerprint density at radius 2 is 1.81 bits per heavy atom. The third-order valence-electron chi connectivity index (χ3n) is 10.5. The zero-order chi connectivity index (χ0) is 22.4. The van der Waals surface area contributed by atoms with Crippen molar-refractivity contribution in [3.05, 3.63) is 11.6 Å². The molecule has 3 fully saturated rings. The number of hydrogen-bond donors (Lipinski definition) is 1. The van der Waals surface area contributed by atoms with Crippen molar-refractivity contribution in [3.63, 3.8) is 0 Å². The van der Waals surface area contributed by atoms with E-state index in [0.29, 0.717) is 5.41 Å². The lowest BCUT2D eigenvalue weighted by Crippen LogP contribution is -2.51. The van der Waals surface area contributed by atoms with Crippen molar-refractivity contribution in [3.8, 4) is 0 Å². The van der Waals surface area contributed by atoms with Gasteiger partial charge in [0.2, 0.25) is 0 Å². The van der Waals surface area contributed by atoms with Crippen LogP contribution in [0.2, 0.25) is 0 Å². The van der Waals surface area contributed by atoms with Crippen molar-refractivity contribution in [2.24, 2.45) is 46.3 Å². The minimum Gasteiger partial charge on any atom is -0.269 e. The van der Waals surface area contributed by atoms with Crippen LogP contribution in [0.1, 0.15) is 105 Å². The Hall–Kier alpha value is -0.350. The third kappa shape index (κ3) is 4.42. The lowest BCUT2D eigenvalue weighted by Gasteiger charge is -2.58. The van der Waals surface area contributed by atoms with Gasteiger partial charge in [0.1, 0.15) is 0 Å². The molecule has 4 heteroatoms. The predicted octanol–water partition coefficient (Wildman–Crippen LogP) is 6.94. The maximum absolute atomic E-state index is 11.1. The van der Waals surface area contributed by atoms with Gasteiger partial charge in [0, 0.05) is 0 Å².